The van der Waals surface area contributed by atoms with E-state index in [2.05, 4.69) is 16.0 Å². The minimum absolute atomic E-state index is 0.538. The Kier molecular flexibility index (Phi) is 3.73. The second-order valence-corrected chi connectivity index (χ2v) is 6.72. The molecule has 0 saturated heterocycles. The van der Waals surface area contributed by atoms with Gasteiger partial charge in [0, 0.05) is 16.6 Å². The molecule has 2 heterocycles. The summed E-state index contributed by atoms with van der Waals surface area (Å²) in [6, 6.07) is 17.7. The maximum atomic E-state index is 9.54. The molecule has 4 aromatic rings. The normalized spacial score (nSPS) is 11.8. The van der Waals surface area contributed by atoms with E-state index in [-0.39, 0.29) is 0 Å². The van der Waals surface area contributed by atoms with Crippen LogP contribution in [0.15, 0.2) is 54.7 Å². The zero-order valence-electron chi connectivity index (χ0n) is 12.4. The molecule has 0 amide bonds. The van der Waals surface area contributed by atoms with Crippen molar-refractivity contribution in [3.8, 4) is 6.07 Å². The van der Waals surface area contributed by atoms with Crippen LogP contribution in [0.4, 0.5) is 0 Å². The van der Waals surface area contributed by atoms with E-state index < -0.39 is 0 Å². The zero-order valence-corrected chi connectivity index (χ0v) is 14.0. The van der Waals surface area contributed by atoms with Crippen LogP contribution < -0.4 is 0 Å². The molecule has 5 heteroatoms. The van der Waals surface area contributed by atoms with Crippen molar-refractivity contribution in [2.75, 3.05) is 0 Å². The zero-order chi connectivity index (χ0) is 16.5. The smallest absolute Gasteiger partial charge is 0.135 e. The summed E-state index contributed by atoms with van der Waals surface area (Å²) in [5.41, 5.74) is 3.23. The highest BCUT2D eigenvalue weighted by Gasteiger charge is 2.09. The van der Waals surface area contributed by atoms with Crippen molar-refractivity contribution in [3.05, 3.63) is 70.3 Å². The monoisotopic (exact) mass is 347 g/mol. The quantitative estimate of drug-likeness (QED) is 0.446. The molecule has 0 N–H and O–H groups in total. The van der Waals surface area contributed by atoms with Gasteiger partial charge in [-0.2, -0.15) is 5.26 Å². The first-order chi connectivity index (χ1) is 11.7. The summed E-state index contributed by atoms with van der Waals surface area (Å²) in [6.07, 6.45) is 3.62. The third-order valence-electron chi connectivity index (χ3n) is 3.64. The first-order valence-electron chi connectivity index (χ1n) is 7.26. The van der Waals surface area contributed by atoms with Crippen LogP contribution in [-0.2, 0) is 0 Å². The minimum atomic E-state index is 0.538. The molecular weight excluding hydrogens is 338 g/mol. The Labute approximate surface area is 147 Å². The van der Waals surface area contributed by atoms with Gasteiger partial charge >= 0.3 is 0 Å². The summed E-state index contributed by atoms with van der Waals surface area (Å²) >= 11 is 7.49. The third kappa shape index (κ3) is 2.76. The maximum Gasteiger partial charge on any atom is 0.135 e. The number of nitrogens with zero attached hydrogens (tertiary/aromatic N) is 3. The van der Waals surface area contributed by atoms with E-state index in [9.17, 15) is 5.26 Å². The van der Waals surface area contributed by atoms with Gasteiger partial charge in [0.05, 0.1) is 21.3 Å². The largest absolute Gasteiger partial charge is 0.256 e. The molecule has 0 saturated carbocycles. The molecule has 0 bridgehead atoms. The molecule has 0 aliphatic heterocycles. The summed E-state index contributed by atoms with van der Waals surface area (Å²) in [4.78, 5) is 8.84. The van der Waals surface area contributed by atoms with Crippen molar-refractivity contribution in [2.24, 2.45) is 0 Å². The maximum absolute atomic E-state index is 9.54. The average molecular weight is 348 g/mol. The summed E-state index contributed by atoms with van der Waals surface area (Å²) in [6.45, 7) is 0. The highest BCUT2D eigenvalue weighted by atomic mass is 35.5. The lowest BCUT2D eigenvalue weighted by atomic mass is 10.1. The molecule has 3 nitrogen and oxygen atoms in total. The summed E-state index contributed by atoms with van der Waals surface area (Å²) in [7, 11) is 0. The number of fused-ring (bicyclic) bond motifs is 2. The van der Waals surface area contributed by atoms with Gasteiger partial charge in [-0.15, -0.1) is 11.3 Å². The number of hydrogen-bond acceptors (Lipinski definition) is 4. The number of hydrogen-bond donors (Lipinski definition) is 0. The Morgan fingerprint density at radius 2 is 2.04 bits per heavy atom. The Balaban J connectivity index is 1.80. The standard InChI is InChI=1S/C19H10ClN3S/c20-15-4-6-18-17(10-15)23-19(24-18)14(11-21)9-12-3-5-16-13(8-12)2-1-7-22-16/h1-10H/b14-9-. The number of nitriles is 1. The highest BCUT2D eigenvalue weighted by molar-refractivity contribution is 7.19. The molecule has 114 valence electrons. The molecule has 0 aliphatic rings. The van der Waals surface area contributed by atoms with E-state index in [1.54, 1.807) is 6.20 Å². The summed E-state index contributed by atoms with van der Waals surface area (Å²) in [5.74, 6) is 0. The van der Waals surface area contributed by atoms with Crippen LogP contribution in [0.2, 0.25) is 5.02 Å². The van der Waals surface area contributed by atoms with E-state index in [0.29, 0.717) is 15.6 Å². The average Bonchev–Trinajstić information content (AvgIpc) is 3.02. The SMILES string of the molecule is N#C/C(=C/c1ccc2ncccc2c1)c1nc2cc(Cl)ccc2s1. The first kappa shape index (κ1) is 14.8. The Hall–Kier alpha value is -2.74. The van der Waals surface area contributed by atoms with Gasteiger partial charge in [0.2, 0.25) is 0 Å². The molecule has 0 atom stereocenters. The van der Waals surface area contributed by atoms with E-state index in [1.165, 1.54) is 11.3 Å². The number of thiazole rings is 1. The van der Waals surface area contributed by atoms with Crippen molar-refractivity contribution in [2.45, 2.75) is 0 Å². The van der Waals surface area contributed by atoms with Gasteiger partial charge < -0.3 is 0 Å². The molecule has 0 radical (unpaired) electrons. The molecule has 0 spiro atoms. The van der Waals surface area contributed by atoms with E-state index in [4.69, 9.17) is 11.6 Å². The van der Waals surface area contributed by atoms with Gasteiger partial charge in [-0.1, -0.05) is 23.7 Å². The summed E-state index contributed by atoms with van der Waals surface area (Å²) < 4.78 is 1.01. The lowest BCUT2D eigenvalue weighted by Gasteiger charge is -1.99. The van der Waals surface area contributed by atoms with Crippen LogP contribution in [0.3, 0.4) is 0 Å². The number of halogens is 1. The molecular formula is C19H10ClN3S. The van der Waals surface area contributed by atoms with Crippen molar-refractivity contribution >= 4 is 55.7 Å². The lowest BCUT2D eigenvalue weighted by molar-refractivity contribution is 1.41. The number of rotatable bonds is 2. The van der Waals surface area contributed by atoms with Crippen LogP contribution in [0, 0.1) is 11.3 Å². The van der Waals surface area contributed by atoms with Crippen molar-refractivity contribution < 1.29 is 0 Å². The highest BCUT2D eigenvalue weighted by Crippen LogP contribution is 2.30. The van der Waals surface area contributed by atoms with Crippen LogP contribution in [0.1, 0.15) is 10.6 Å². The Morgan fingerprint density at radius 3 is 2.92 bits per heavy atom. The van der Waals surface area contributed by atoms with Crippen molar-refractivity contribution in [1.29, 1.82) is 5.26 Å². The molecule has 0 fully saturated rings. The van der Waals surface area contributed by atoms with E-state index in [0.717, 1.165) is 26.7 Å². The second-order valence-electron chi connectivity index (χ2n) is 5.26. The van der Waals surface area contributed by atoms with Gasteiger partial charge in [0.1, 0.15) is 11.1 Å². The van der Waals surface area contributed by atoms with Crippen molar-refractivity contribution in [1.82, 2.24) is 9.97 Å². The number of pyridine rings is 1. The molecule has 0 aliphatic carbocycles. The molecule has 2 aromatic carbocycles. The fourth-order valence-corrected chi connectivity index (χ4v) is 3.59. The Bertz CT molecular complexity index is 1140. The van der Waals surface area contributed by atoms with Crippen LogP contribution >= 0.6 is 22.9 Å². The molecule has 0 unspecified atom stereocenters. The van der Waals surface area contributed by atoms with E-state index in [1.807, 2.05) is 54.6 Å². The molecule has 4 rings (SSSR count). The van der Waals surface area contributed by atoms with Gasteiger partial charge in [0.15, 0.2) is 0 Å². The number of aromatic nitrogens is 2. The third-order valence-corrected chi connectivity index (χ3v) is 4.94. The number of benzene rings is 2. The fraction of sp³-hybridized carbons (Fsp3) is 0. The van der Waals surface area contributed by atoms with Gasteiger partial charge in [-0.3, -0.25) is 4.98 Å². The van der Waals surface area contributed by atoms with Gasteiger partial charge in [-0.05, 0) is 48.0 Å². The minimum Gasteiger partial charge on any atom is -0.256 e. The van der Waals surface area contributed by atoms with Gasteiger partial charge in [-0.25, -0.2) is 4.98 Å². The van der Waals surface area contributed by atoms with Crippen molar-refractivity contribution in [3.63, 3.8) is 0 Å². The van der Waals surface area contributed by atoms with Crippen LogP contribution in [-0.4, -0.2) is 9.97 Å². The number of allylic oxidation sites excluding steroid dienone is 1. The van der Waals surface area contributed by atoms with Crippen LogP contribution in [0.25, 0.3) is 32.8 Å². The topological polar surface area (TPSA) is 49.6 Å². The lowest BCUT2D eigenvalue weighted by Crippen LogP contribution is -1.82. The van der Waals surface area contributed by atoms with E-state index >= 15 is 0 Å². The second kappa shape index (κ2) is 6.04. The first-order valence-corrected chi connectivity index (χ1v) is 8.45. The predicted molar refractivity (Wildman–Crippen MR) is 99.9 cm³/mol. The molecule has 24 heavy (non-hydrogen) atoms. The molecule has 2 aromatic heterocycles. The fourth-order valence-electron chi connectivity index (χ4n) is 2.51. The summed E-state index contributed by atoms with van der Waals surface area (Å²) in [5, 5.41) is 11.9. The van der Waals surface area contributed by atoms with Gasteiger partial charge in [0.25, 0.3) is 0 Å². The predicted octanol–water partition coefficient (Wildman–Crippen LogP) is 5.56. The Morgan fingerprint density at radius 1 is 1.12 bits per heavy atom. The van der Waals surface area contributed by atoms with Crippen LogP contribution in [0.5, 0.6) is 0 Å².